The van der Waals surface area contributed by atoms with Crippen LogP contribution in [-0.4, -0.2) is 64.3 Å². The number of hydrogen-bond donors (Lipinski definition) is 4. The van der Waals surface area contributed by atoms with Gasteiger partial charge in [0.1, 0.15) is 24.4 Å². The van der Waals surface area contributed by atoms with Crippen molar-refractivity contribution in [3.05, 3.63) is 0 Å². The molecule has 6 nitrogen and oxygen atoms in total. The van der Waals surface area contributed by atoms with E-state index in [0.717, 1.165) is 19.3 Å². The molecule has 1 aliphatic rings. The van der Waals surface area contributed by atoms with Crippen molar-refractivity contribution >= 4 is 0 Å². The Hall–Kier alpha value is -0.240. The highest BCUT2D eigenvalue weighted by Crippen LogP contribution is 2.22. The summed E-state index contributed by atoms with van der Waals surface area (Å²) in [5.41, 5.74) is 0. The van der Waals surface area contributed by atoms with Crippen LogP contribution in [0.5, 0.6) is 0 Å². The maximum Gasteiger partial charge on any atom is 0.184 e. The molecular formula is C14H28O6. The monoisotopic (exact) mass is 292 g/mol. The second-order valence-electron chi connectivity index (χ2n) is 5.33. The molecule has 20 heavy (non-hydrogen) atoms. The Morgan fingerprint density at radius 2 is 1.60 bits per heavy atom. The van der Waals surface area contributed by atoms with E-state index in [-0.39, 0.29) is 0 Å². The summed E-state index contributed by atoms with van der Waals surface area (Å²) in [6, 6.07) is 0. The molecule has 0 spiro atoms. The fourth-order valence-electron chi connectivity index (χ4n) is 2.35. The molecule has 1 rings (SSSR count). The summed E-state index contributed by atoms with van der Waals surface area (Å²) < 4.78 is 10.4. The predicted octanol–water partition coefficient (Wildman–Crippen LogP) is 0.163. The Morgan fingerprint density at radius 3 is 2.25 bits per heavy atom. The lowest BCUT2D eigenvalue weighted by molar-refractivity contribution is -0.296. The van der Waals surface area contributed by atoms with Gasteiger partial charge in [-0.2, -0.15) is 0 Å². The van der Waals surface area contributed by atoms with Gasteiger partial charge >= 0.3 is 0 Å². The van der Waals surface area contributed by atoms with E-state index in [2.05, 4.69) is 6.92 Å². The molecule has 1 heterocycles. The van der Waals surface area contributed by atoms with Crippen LogP contribution in [0.15, 0.2) is 0 Å². The number of rotatable bonds is 9. The van der Waals surface area contributed by atoms with E-state index in [4.69, 9.17) is 14.6 Å². The van der Waals surface area contributed by atoms with Crippen molar-refractivity contribution in [1.29, 1.82) is 0 Å². The average molecular weight is 292 g/mol. The first kappa shape index (κ1) is 17.8. The molecule has 4 N–H and O–H groups in total. The summed E-state index contributed by atoms with van der Waals surface area (Å²) >= 11 is 0. The highest BCUT2D eigenvalue weighted by atomic mass is 16.7. The molecule has 0 amide bonds. The molecule has 0 bridgehead atoms. The second-order valence-corrected chi connectivity index (χ2v) is 5.33. The van der Waals surface area contributed by atoms with Crippen molar-refractivity contribution in [3.8, 4) is 0 Å². The SMILES string of the molecule is CCCCCCCCO[C@@H]1[C@@H](O)[C@@H](O)[C@@H](CO)O[C@H]1O. The Labute approximate surface area is 120 Å². The third-order valence-electron chi connectivity index (χ3n) is 3.65. The molecule has 1 fully saturated rings. The van der Waals surface area contributed by atoms with E-state index in [1.54, 1.807) is 0 Å². The summed E-state index contributed by atoms with van der Waals surface area (Å²) in [4.78, 5) is 0. The van der Waals surface area contributed by atoms with Crippen LogP contribution in [0.2, 0.25) is 0 Å². The van der Waals surface area contributed by atoms with Crippen molar-refractivity contribution in [2.45, 2.75) is 76.2 Å². The van der Waals surface area contributed by atoms with Gasteiger partial charge in [0.15, 0.2) is 6.29 Å². The number of aliphatic hydroxyl groups excluding tert-OH is 4. The van der Waals surface area contributed by atoms with Gasteiger partial charge in [0.25, 0.3) is 0 Å². The van der Waals surface area contributed by atoms with Gasteiger partial charge in [-0.25, -0.2) is 0 Å². The maximum absolute atomic E-state index is 9.86. The van der Waals surface area contributed by atoms with Crippen LogP contribution in [0, 0.1) is 0 Å². The normalized spacial score (nSPS) is 34.4. The number of hydrogen-bond acceptors (Lipinski definition) is 6. The van der Waals surface area contributed by atoms with Gasteiger partial charge in [0.2, 0.25) is 0 Å². The van der Waals surface area contributed by atoms with Gasteiger partial charge in [0.05, 0.1) is 6.61 Å². The lowest BCUT2D eigenvalue weighted by Crippen LogP contribution is -2.59. The van der Waals surface area contributed by atoms with Crippen molar-refractivity contribution in [2.75, 3.05) is 13.2 Å². The van der Waals surface area contributed by atoms with Crippen molar-refractivity contribution < 1.29 is 29.9 Å². The molecule has 0 aromatic heterocycles. The topological polar surface area (TPSA) is 99.4 Å². The summed E-state index contributed by atoms with van der Waals surface area (Å²) in [5.74, 6) is 0. The maximum atomic E-state index is 9.86. The first-order chi connectivity index (χ1) is 9.61. The third kappa shape index (κ3) is 5.27. The lowest BCUT2D eigenvalue weighted by atomic mass is 9.99. The minimum absolute atomic E-state index is 0.408. The number of aliphatic hydroxyl groups is 4. The molecule has 1 aliphatic heterocycles. The van der Waals surface area contributed by atoms with Crippen LogP contribution >= 0.6 is 0 Å². The van der Waals surface area contributed by atoms with Gasteiger partial charge in [-0.1, -0.05) is 39.0 Å². The summed E-state index contributed by atoms with van der Waals surface area (Å²) in [7, 11) is 0. The zero-order valence-corrected chi connectivity index (χ0v) is 12.1. The average Bonchev–Trinajstić information content (AvgIpc) is 2.45. The molecule has 0 radical (unpaired) electrons. The minimum Gasteiger partial charge on any atom is -0.394 e. The van der Waals surface area contributed by atoms with Gasteiger partial charge in [-0.05, 0) is 6.42 Å². The van der Waals surface area contributed by atoms with Crippen molar-refractivity contribution in [1.82, 2.24) is 0 Å². The third-order valence-corrected chi connectivity index (χ3v) is 3.65. The van der Waals surface area contributed by atoms with E-state index < -0.39 is 37.3 Å². The quantitative estimate of drug-likeness (QED) is 0.452. The molecule has 1 saturated heterocycles. The Balaban J connectivity index is 2.22. The Bertz CT molecular complexity index is 250. The largest absolute Gasteiger partial charge is 0.394 e. The van der Waals surface area contributed by atoms with Crippen LogP contribution in [0.25, 0.3) is 0 Å². The fraction of sp³-hybridized carbons (Fsp3) is 1.00. The standard InChI is InChI=1S/C14H28O6/c1-2-3-4-5-6-7-8-19-13-12(17)11(16)10(9-15)20-14(13)18/h10-18H,2-9H2,1H3/t10-,11+,12+,13-,14-/m1/s1. The summed E-state index contributed by atoms with van der Waals surface area (Å²) in [6.07, 6.45) is 0.920. The first-order valence-electron chi connectivity index (χ1n) is 7.54. The van der Waals surface area contributed by atoms with Gasteiger partial charge < -0.3 is 29.9 Å². The zero-order valence-electron chi connectivity index (χ0n) is 12.1. The van der Waals surface area contributed by atoms with E-state index >= 15 is 0 Å². The van der Waals surface area contributed by atoms with Crippen LogP contribution in [-0.2, 0) is 9.47 Å². The summed E-state index contributed by atoms with van der Waals surface area (Å²) in [6.45, 7) is 2.12. The lowest BCUT2D eigenvalue weighted by Gasteiger charge is -2.39. The van der Waals surface area contributed by atoms with E-state index in [1.165, 1.54) is 19.3 Å². The van der Waals surface area contributed by atoms with E-state index in [1.807, 2.05) is 0 Å². The summed E-state index contributed by atoms with van der Waals surface area (Å²) in [5, 5.41) is 38.2. The van der Waals surface area contributed by atoms with E-state index in [9.17, 15) is 15.3 Å². The van der Waals surface area contributed by atoms with Gasteiger partial charge in [-0.15, -0.1) is 0 Å². The predicted molar refractivity (Wildman–Crippen MR) is 73.1 cm³/mol. The van der Waals surface area contributed by atoms with Crippen LogP contribution < -0.4 is 0 Å². The molecular weight excluding hydrogens is 264 g/mol. The molecule has 0 aromatic rings. The van der Waals surface area contributed by atoms with Crippen LogP contribution in [0.4, 0.5) is 0 Å². The molecule has 6 heteroatoms. The smallest absolute Gasteiger partial charge is 0.184 e. The van der Waals surface area contributed by atoms with E-state index in [0.29, 0.717) is 6.61 Å². The molecule has 0 unspecified atom stereocenters. The Morgan fingerprint density at radius 1 is 0.950 bits per heavy atom. The van der Waals surface area contributed by atoms with Crippen molar-refractivity contribution in [2.24, 2.45) is 0 Å². The molecule has 0 saturated carbocycles. The molecule has 0 aromatic carbocycles. The van der Waals surface area contributed by atoms with Crippen LogP contribution in [0.1, 0.15) is 45.4 Å². The molecule has 5 atom stereocenters. The highest BCUT2D eigenvalue weighted by molar-refractivity contribution is 4.89. The first-order valence-corrected chi connectivity index (χ1v) is 7.54. The zero-order chi connectivity index (χ0) is 15.0. The molecule has 120 valence electrons. The Kier molecular flexibility index (Phi) is 8.60. The highest BCUT2D eigenvalue weighted by Gasteiger charge is 2.44. The molecule has 0 aliphatic carbocycles. The van der Waals surface area contributed by atoms with Crippen LogP contribution in [0.3, 0.4) is 0 Å². The fourth-order valence-corrected chi connectivity index (χ4v) is 2.35. The minimum atomic E-state index is -1.33. The second kappa shape index (κ2) is 9.65. The van der Waals surface area contributed by atoms with Crippen molar-refractivity contribution in [3.63, 3.8) is 0 Å². The van der Waals surface area contributed by atoms with Gasteiger partial charge in [0, 0.05) is 6.61 Å². The number of unbranched alkanes of at least 4 members (excludes halogenated alkanes) is 5. The van der Waals surface area contributed by atoms with Gasteiger partial charge in [-0.3, -0.25) is 0 Å². The number of ether oxygens (including phenoxy) is 2.